The van der Waals surface area contributed by atoms with Gasteiger partial charge >= 0.3 is 5.97 Å². The van der Waals surface area contributed by atoms with Gasteiger partial charge in [0, 0.05) is 12.4 Å². The van der Waals surface area contributed by atoms with Gasteiger partial charge in [-0.25, -0.2) is 8.42 Å². The number of ether oxygens (including phenoxy) is 1. The minimum absolute atomic E-state index is 0.111. The highest BCUT2D eigenvalue weighted by Gasteiger charge is 2.24. The van der Waals surface area contributed by atoms with Crippen molar-refractivity contribution in [3.8, 4) is 0 Å². The summed E-state index contributed by atoms with van der Waals surface area (Å²) in [5.74, 6) is -0.631. The van der Waals surface area contributed by atoms with Crippen molar-refractivity contribution in [2.45, 2.75) is 31.3 Å². The molecule has 1 atom stereocenters. The molecule has 1 unspecified atom stereocenters. The topological polar surface area (TPSA) is 73.3 Å². The molecule has 6 heteroatoms. The van der Waals surface area contributed by atoms with Crippen LogP contribution in [0.4, 0.5) is 0 Å². The molecule has 1 aromatic heterocycles. The minimum Gasteiger partial charge on any atom is -0.469 e. The Morgan fingerprint density at radius 3 is 2.67 bits per heavy atom. The molecule has 0 aliphatic carbocycles. The summed E-state index contributed by atoms with van der Waals surface area (Å²) in [4.78, 5) is 15.0. The number of aryl methyl sites for hydroxylation is 1. The summed E-state index contributed by atoms with van der Waals surface area (Å²) in [6.45, 7) is 3.36. The first-order chi connectivity index (χ1) is 8.35. The van der Waals surface area contributed by atoms with Crippen molar-refractivity contribution in [3.05, 3.63) is 29.6 Å². The highest BCUT2D eigenvalue weighted by atomic mass is 32.2. The molecule has 0 saturated heterocycles. The summed E-state index contributed by atoms with van der Waals surface area (Å²) in [6.07, 6.45) is 3.06. The van der Waals surface area contributed by atoms with Crippen molar-refractivity contribution < 1.29 is 17.9 Å². The predicted octanol–water partition coefficient (Wildman–Crippen LogP) is 1.26. The van der Waals surface area contributed by atoms with E-state index in [1.807, 2.05) is 6.92 Å². The lowest BCUT2D eigenvalue weighted by atomic mass is 10.2. The Balaban J connectivity index is 2.78. The monoisotopic (exact) mass is 271 g/mol. The van der Waals surface area contributed by atoms with Crippen LogP contribution >= 0.6 is 0 Å². The molecular weight excluding hydrogens is 254 g/mol. The predicted molar refractivity (Wildman–Crippen MR) is 67.7 cm³/mol. The van der Waals surface area contributed by atoms with Crippen LogP contribution in [0.2, 0.25) is 0 Å². The van der Waals surface area contributed by atoms with Crippen molar-refractivity contribution in [3.63, 3.8) is 0 Å². The maximum atomic E-state index is 12.0. The van der Waals surface area contributed by atoms with E-state index in [1.165, 1.54) is 20.2 Å². The fourth-order valence-electron chi connectivity index (χ4n) is 1.52. The molecule has 0 radical (unpaired) electrons. The quantitative estimate of drug-likeness (QED) is 0.754. The van der Waals surface area contributed by atoms with E-state index in [2.05, 4.69) is 9.72 Å². The van der Waals surface area contributed by atoms with Crippen LogP contribution in [0.3, 0.4) is 0 Å². The molecule has 0 aromatic carbocycles. The third-order valence-electron chi connectivity index (χ3n) is 2.59. The maximum Gasteiger partial charge on any atom is 0.306 e. The lowest BCUT2D eigenvalue weighted by molar-refractivity contribution is -0.140. The first-order valence-corrected chi connectivity index (χ1v) is 7.25. The fourth-order valence-corrected chi connectivity index (χ4v) is 2.81. The molecule has 0 bridgehead atoms. The number of esters is 1. The van der Waals surface area contributed by atoms with Crippen molar-refractivity contribution in [1.82, 2.24) is 4.98 Å². The molecule has 5 nitrogen and oxygen atoms in total. The average Bonchev–Trinajstić information content (AvgIpc) is 2.28. The Labute approximate surface area is 107 Å². The molecule has 1 heterocycles. The molecular formula is C12H17NO4S. The number of rotatable bonds is 5. The lowest BCUT2D eigenvalue weighted by Gasteiger charge is -2.11. The smallest absolute Gasteiger partial charge is 0.306 e. The van der Waals surface area contributed by atoms with E-state index < -0.39 is 21.1 Å². The molecule has 1 rings (SSSR count). The summed E-state index contributed by atoms with van der Waals surface area (Å²) in [7, 11) is -2.13. The van der Waals surface area contributed by atoms with Gasteiger partial charge in [0.05, 0.1) is 24.5 Å². The fraction of sp³-hybridized carbons (Fsp3) is 0.500. The molecule has 1 aromatic rings. The summed E-state index contributed by atoms with van der Waals surface area (Å²) in [6, 6.07) is 1.77. The second-order valence-electron chi connectivity index (χ2n) is 4.27. The standard InChI is InChI=1S/C12H17NO4S/c1-9-4-11(7-13-6-9)8-18(15,16)10(2)5-12(14)17-3/h4,6-7,10H,5,8H2,1-3H3. The van der Waals surface area contributed by atoms with Crippen LogP contribution in [0.25, 0.3) is 0 Å². The van der Waals surface area contributed by atoms with Gasteiger partial charge in [-0.1, -0.05) is 6.07 Å². The van der Waals surface area contributed by atoms with Crippen LogP contribution in [0.5, 0.6) is 0 Å². The number of carbonyl (C=O) groups excluding carboxylic acids is 1. The lowest BCUT2D eigenvalue weighted by Crippen LogP contribution is -2.23. The number of aromatic nitrogens is 1. The number of carbonyl (C=O) groups is 1. The van der Waals surface area contributed by atoms with Gasteiger partial charge in [0.15, 0.2) is 9.84 Å². The van der Waals surface area contributed by atoms with Gasteiger partial charge in [0.2, 0.25) is 0 Å². The molecule has 0 aliphatic heterocycles. The van der Waals surface area contributed by atoms with E-state index >= 15 is 0 Å². The molecule has 0 aliphatic rings. The van der Waals surface area contributed by atoms with Gasteiger partial charge in [0.1, 0.15) is 0 Å². The second-order valence-corrected chi connectivity index (χ2v) is 6.69. The molecule has 0 amide bonds. The third kappa shape index (κ3) is 4.10. The number of hydrogen-bond donors (Lipinski definition) is 0. The maximum absolute atomic E-state index is 12.0. The van der Waals surface area contributed by atoms with E-state index in [0.29, 0.717) is 5.56 Å². The zero-order valence-electron chi connectivity index (χ0n) is 10.7. The number of methoxy groups -OCH3 is 1. The van der Waals surface area contributed by atoms with E-state index in [9.17, 15) is 13.2 Å². The van der Waals surface area contributed by atoms with Gasteiger partial charge in [-0.3, -0.25) is 9.78 Å². The van der Waals surface area contributed by atoms with Gasteiger partial charge < -0.3 is 4.74 Å². The molecule has 100 valence electrons. The van der Waals surface area contributed by atoms with Crippen LogP contribution in [-0.2, 0) is 25.1 Å². The van der Waals surface area contributed by atoms with Crippen LogP contribution in [-0.4, -0.2) is 31.7 Å². The van der Waals surface area contributed by atoms with Gasteiger partial charge in [0.25, 0.3) is 0 Å². The number of sulfone groups is 1. The van der Waals surface area contributed by atoms with Crippen molar-refractivity contribution in [1.29, 1.82) is 0 Å². The molecule has 18 heavy (non-hydrogen) atoms. The van der Waals surface area contributed by atoms with Crippen LogP contribution in [0.15, 0.2) is 18.5 Å². The van der Waals surface area contributed by atoms with Crippen molar-refractivity contribution in [2.24, 2.45) is 0 Å². The zero-order chi connectivity index (χ0) is 13.8. The highest BCUT2D eigenvalue weighted by molar-refractivity contribution is 7.91. The summed E-state index contributed by atoms with van der Waals surface area (Å²) in [5, 5.41) is -0.759. The van der Waals surface area contributed by atoms with Crippen LogP contribution < -0.4 is 0 Å². The van der Waals surface area contributed by atoms with Gasteiger partial charge in [-0.15, -0.1) is 0 Å². The summed E-state index contributed by atoms with van der Waals surface area (Å²) < 4.78 is 28.5. The Morgan fingerprint density at radius 2 is 2.11 bits per heavy atom. The van der Waals surface area contributed by atoms with Crippen LogP contribution in [0.1, 0.15) is 24.5 Å². The summed E-state index contributed by atoms with van der Waals surface area (Å²) in [5.41, 5.74) is 1.54. The van der Waals surface area contributed by atoms with Crippen LogP contribution in [0, 0.1) is 6.92 Å². The average molecular weight is 271 g/mol. The Hall–Kier alpha value is -1.43. The summed E-state index contributed by atoms with van der Waals surface area (Å²) >= 11 is 0. The highest BCUT2D eigenvalue weighted by Crippen LogP contribution is 2.14. The van der Waals surface area contributed by atoms with Gasteiger partial charge in [-0.05, 0) is 25.0 Å². The SMILES string of the molecule is COC(=O)CC(C)S(=O)(=O)Cc1cncc(C)c1. The normalized spacial score (nSPS) is 13.1. The second kappa shape index (κ2) is 5.95. The number of pyridine rings is 1. The molecule has 0 N–H and O–H groups in total. The van der Waals surface area contributed by atoms with E-state index in [4.69, 9.17) is 0 Å². The molecule has 0 fully saturated rings. The van der Waals surface area contributed by atoms with E-state index in [1.54, 1.807) is 12.3 Å². The Morgan fingerprint density at radius 1 is 1.44 bits per heavy atom. The number of hydrogen-bond acceptors (Lipinski definition) is 5. The Bertz CT molecular complexity index is 525. The van der Waals surface area contributed by atoms with Gasteiger partial charge in [-0.2, -0.15) is 0 Å². The first-order valence-electron chi connectivity index (χ1n) is 5.54. The first kappa shape index (κ1) is 14.6. The van der Waals surface area contributed by atoms with Crippen molar-refractivity contribution >= 4 is 15.8 Å². The Kier molecular flexibility index (Phi) is 4.84. The van der Waals surface area contributed by atoms with Crippen molar-refractivity contribution in [2.75, 3.05) is 7.11 Å². The largest absolute Gasteiger partial charge is 0.469 e. The molecule has 0 spiro atoms. The minimum atomic E-state index is -3.38. The van der Waals surface area contributed by atoms with E-state index in [0.717, 1.165) is 5.56 Å². The zero-order valence-corrected chi connectivity index (χ0v) is 11.5. The molecule has 0 saturated carbocycles. The third-order valence-corrected chi connectivity index (χ3v) is 4.72. The van der Waals surface area contributed by atoms with E-state index in [-0.39, 0.29) is 12.2 Å². The number of nitrogens with zero attached hydrogens (tertiary/aromatic N) is 1.